The number of aliphatic hydroxyl groups excluding tert-OH is 1. The maximum atomic E-state index is 14.9. The van der Waals surface area contributed by atoms with Crippen LogP contribution in [0.2, 0.25) is 0 Å². The van der Waals surface area contributed by atoms with Gasteiger partial charge in [0.25, 0.3) is 0 Å². The highest BCUT2D eigenvalue weighted by atomic mass is 16.5. The first-order valence-electron chi connectivity index (χ1n) is 24.5. The number of hydrogen-bond acceptors (Lipinski definition) is 12. The van der Waals surface area contributed by atoms with E-state index in [-0.39, 0.29) is 75.6 Å². The quantitative estimate of drug-likeness (QED) is 0.106. The second kappa shape index (κ2) is 27.9. The van der Waals surface area contributed by atoms with Gasteiger partial charge in [0.15, 0.2) is 0 Å². The van der Waals surface area contributed by atoms with E-state index >= 15 is 0 Å². The van der Waals surface area contributed by atoms with Crippen LogP contribution in [0.25, 0.3) is 0 Å². The van der Waals surface area contributed by atoms with Crippen molar-refractivity contribution in [3.63, 3.8) is 0 Å². The molecule has 8 atom stereocenters. The summed E-state index contributed by atoms with van der Waals surface area (Å²) in [6.45, 7) is 14.9. The number of amides is 7. The monoisotopic (exact) mass is 992 g/mol. The van der Waals surface area contributed by atoms with Crippen LogP contribution in [0.4, 0.5) is 0 Å². The molecule has 392 valence electrons. The minimum atomic E-state index is -1.69. The number of Topliss-reactive ketones (excluding diaryl/α,β-unsaturated/α-hetero) is 1. The fourth-order valence-electron chi connectivity index (χ4n) is 8.04. The first-order valence-corrected chi connectivity index (χ1v) is 24.5. The molecule has 19 heteroatoms. The van der Waals surface area contributed by atoms with Gasteiger partial charge in [0.05, 0.1) is 0 Å². The molecule has 1 aliphatic rings. The average Bonchev–Trinajstić information content (AvgIpc) is 3.29. The van der Waals surface area contributed by atoms with E-state index in [0.29, 0.717) is 16.9 Å². The van der Waals surface area contributed by atoms with Crippen LogP contribution in [0.1, 0.15) is 112 Å². The number of carbonyl (C=O) groups is 9. The Bertz CT molecular complexity index is 2140. The van der Waals surface area contributed by atoms with Crippen LogP contribution in [-0.2, 0) is 60.7 Å². The van der Waals surface area contributed by atoms with Crippen LogP contribution in [0.15, 0.2) is 54.6 Å². The third-order valence-corrected chi connectivity index (χ3v) is 11.9. The van der Waals surface area contributed by atoms with Crippen LogP contribution < -0.4 is 36.6 Å². The number of nitrogens with one attached hydrogen (secondary N) is 6. The molecule has 0 unspecified atom stereocenters. The molecule has 0 bridgehead atoms. The number of ether oxygens (including phenoxy) is 2. The third kappa shape index (κ3) is 19.4. The minimum absolute atomic E-state index is 0.0271. The number of nitrogens with zero attached hydrogens (tertiary/aromatic N) is 1. The van der Waals surface area contributed by atoms with Crippen molar-refractivity contribution in [1.82, 2.24) is 36.8 Å². The van der Waals surface area contributed by atoms with Crippen LogP contribution >= 0.6 is 0 Å². The molecule has 71 heavy (non-hydrogen) atoms. The second-order valence-corrected chi connectivity index (χ2v) is 20.1. The average molecular weight is 992 g/mol. The third-order valence-electron chi connectivity index (χ3n) is 11.9. The van der Waals surface area contributed by atoms with E-state index in [9.17, 15) is 48.3 Å². The molecule has 0 aromatic heterocycles. The summed E-state index contributed by atoms with van der Waals surface area (Å²) in [7, 11) is 2.84. The van der Waals surface area contributed by atoms with Gasteiger partial charge in [-0.3, -0.25) is 33.6 Å². The zero-order valence-corrected chi connectivity index (χ0v) is 43.2. The Morgan fingerprint density at radius 3 is 1.96 bits per heavy atom. The van der Waals surface area contributed by atoms with Gasteiger partial charge >= 0.3 is 5.97 Å². The lowest BCUT2D eigenvalue weighted by Gasteiger charge is -2.33. The molecule has 0 aliphatic carbocycles. The molecule has 2 aromatic rings. The lowest BCUT2D eigenvalue weighted by molar-refractivity contribution is -0.158. The van der Waals surface area contributed by atoms with Gasteiger partial charge in [-0.2, -0.15) is 0 Å². The van der Waals surface area contributed by atoms with Gasteiger partial charge in [-0.1, -0.05) is 70.2 Å². The molecule has 7 amide bonds. The maximum Gasteiger partial charge on any atom is 0.329 e. The number of cyclic esters (lactones) is 1. The summed E-state index contributed by atoms with van der Waals surface area (Å²) >= 11 is 0. The Labute approximate surface area is 418 Å². The Hall–Kier alpha value is -6.37. The van der Waals surface area contributed by atoms with Gasteiger partial charge in [-0.15, -0.1) is 0 Å². The van der Waals surface area contributed by atoms with Crippen molar-refractivity contribution in [2.24, 2.45) is 17.8 Å². The maximum absolute atomic E-state index is 14.9. The zero-order valence-electron chi connectivity index (χ0n) is 43.2. The number of hydrogen-bond donors (Lipinski definition) is 7. The van der Waals surface area contributed by atoms with Crippen molar-refractivity contribution in [2.45, 2.75) is 162 Å². The number of aliphatic hydroxyl groups is 1. The molecular weight excluding hydrogens is 915 g/mol. The van der Waals surface area contributed by atoms with Gasteiger partial charge in [-0.25, -0.2) is 4.79 Å². The molecule has 7 N–H and O–H groups in total. The first-order chi connectivity index (χ1) is 33.3. The van der Waals surface area contributed by atoms with Crippen molar-refractivity contribution < 1.29 is 57.7 Å². The number of carbonyl (C=O) groups excluding carboxylic acids is 9. The van der Waals surface area contributed by atoms with Gasteiger partial charge in [0.2, 0.25) is 41.4 Å². The largest absolute Gasteiger partial charge is 0.488 e. The van der Waals surface area contributed by atoms with Crippen LogP contribution in [0.5, 0.6) is 5.75 Å². The predicted octanol–water partition coefficient (Wildman–Crippen LogP) is 2.44. The highest BCUT2D eigenvalue weighted by Crippen LogP contribution is 2.22. The SMILES string of the molecule is CNC(=O)CC[C@H](CC(C)=O)C(=O)N[C@@H]1C(=O)N[C@@H](CC(C)C)C(=O)N[C@@H](CCCO)C(=O)N[C@@H](Cc2ccccc2)C(=O)N(C)[C@@H](Cc2ccc(OC(C)(C)C)cc2)C(=O)N[C@@H](C(C)C)C(=O)O[C@@H]1C. The number of likely N-dealkylation sites (N-methyl/N-ethyl adjacent to an activating group) is 1. The Kier molecular flexibility index (Phi) is 23.1. The summed E-state index contributed by atoms with van der Waals surface area (Å²) in [4.78, 5) is 127. The molecule has 3 rings (SSSR count). The van der Waals surface area contributed by atoms with E-state index in [1.54, 1.807) is 82.3 Å². The van der Waals surface area contributed by atoms with E-state index in [2.05, 4.69) is 31.9 Å². The van der Waals surface area contributed by atoms with E-state index < -0.39 is 101 Å². The van der Waals surface area contributed by atoms with Crippen molar-refractivity contribution in [3.8, 4) is 5.75 Å². The topological polar surface area (TPSA) is 268 Å². The summed E-state index contributed by atoms with van der Waals surface area (Å²) in [5, 5.41) is 25.9. The van der Waals surface area contributed by atoms with Crippen molar-refractivity contribution in [1.29, 1.82) is 0 Å². The molecule has 1 fully saturated rings. The second-order valence-electron chi connectivity index (χ2n) is 20.1. The summed E-state index contributed by atoms with van der Waals surface area (Å²) in [6.07, 6.45) is -1.99. The fraction of sp³-hybridized carbons (Fsp3) is 0.596. The Morgan fingerprint density at radius 2 is 1.39 bits per heavy atom. The fourth-order valence-corrected chi connectivity index (χ4v) is 8.04. The molecular formula is C52H77N7O12. The van der Waals surface area contributed by atoms with E-state index in [0.717, 1.165) is 0 Å². The summed E-state index contributed by atoms with van der Waals surface area (Å²) in [5.41, 5.74) is 0.791. The van der Waals surface area contributed by atoms with Crippen molar-refractivity contribution >= 4 is 53.1 Å². The highest BCUT2D eigenvalue weighted by Gasteiger charge is 2.40. The number of rotatable bonds is 18. The van der Waals surface area contributed by atoms with E-state index in [1.165, 1.54) is 32.8 Å². The number of benzene rings is 2. The lowest BCUT2D eigenvalue weighted by Crippen LogP contribution is -2.61. The summed E-state index contributed by atoms with van der Waals surface area (Å²) in [5.74, 6) is -7.84. The molecule has 19 nitrogen and oxygen atoms in total. The zero-order chi connectivity index (χ0) is 53.2. The smallest absolute Gasteiger partial charge is 0.329 e. The minimum Gasteiger partial charge on any atom is -0.488 e. The molecule has 0 saturated carbocycles. The predicted molar refractivity (Wildman–Crippen MR) is 265 cm³/mol. The molecule has 0 spiro atoms. The summed E-state index contributed by atoms with van der Waals surface area (Å²) in [6, 6.07) is 7.53. The number of esters is 1. The first kappa shape index (κ1) is 58.9. The molecule has 0 radical (unpaired) electrons. The van der Waals surface area contributed by atoms with Crippen LogP contribution in [-0.4, -0.2) is 132 Å². The summed E-state index contributed by atoms with van der Waals surface area (Å²) < 4.78 is 11.9. The normalized spacial score (nSPS) is 22.7. The standard InChI is InChI=1S/C52H77N7O12/c1-30(2)26-39-47(65)54-38(18-15-25-60)46(64)56-40(28-34-16-13-12-14-17-34)50(68)59(11)41(29-35-19-22-37(23-20-35)71-52(7,8)9)48(66)57-43(31(3)4)51(69)70-33(6)44(49(67)55-39)58-45(63)36(27-32(5)61)21-24-42(62)53-10/h12-14,16-17,19-20,22-23,30-31,33,36,38-41,43-44,60H,15,18,21,24-29H2,1-11H3,(H,53,62)(H,54,65)(H,55,67)(H,56,64)(H,57,66)(H,58,63)/t33-,36-,38+,39+,40+,41+,43+,44+/m1/s1. The van der Waals surface area contributed by atoms with Gasteiger partial charge in [0.1, 0.15) is 59.5 Å². The number of ketones is 1. The van der Waals surface area contributed by atoms with Gasteiger partial charge < -0.3 is 56.2 Å². The Balaban J connectivity index is 2.26. The highest BCUT2D eigenvalue weighted by molar-refractivity contribution is 5.98. The van der Waals surface area contributed by atoms with Gasteiger partial charge in [-0.05, 0) is 95.4 Å². The Morgan fingerprint density at radius 1 is 0.803 bits per heavy atom. The lowest BCUT2D eigenvalue weighted by atomic mass is 9.95. The molecule has 1 saturated heterocycles. The molecule has 1 aliphatic heterocycles. The van der Waals surface area contributed by atoms with E-state index in [1.807, 2.05) is 20.8 Å². The molecule has 2 aromatic carbocycles. The van der Waals surface area contributed by atoms with Gasteiger partial charge in [0, 0.05) is 52.3 Å². The van der Waals surface area contributed by atoms with Crippen molar-refractivity contribution in [3.05, 3.63) is 65.7 Å². The van der Waals surface area contributed by atoms with Crippen LogP contribution in [0.3, 0.4) is 0 Å². The van der Waals surface area contributed by atoms with Crippen molar-refractivity contribution in [2.75, 3.05) is 20.7 Å². The van der Waals surface area contributed by atoms with Crippen LogP contribution in [0, 0.1) is 17.8 Å². The van der Waals surface area contributed by atoms with E-state index in [4.69, 9.17) is 9.47 Å². The molecule has 1 heterocycles.